The summed E-state index contributed by atoms with van der Waals surface area (Å²) in [5, 5.41) is 0. The van der Waals surface area contributed by atoms with Crippen molar-refractivity contribution in [2.75, 3.05) is 5.73 Å². The predicted octanol–water partition coefficient (Wildman–Crippen LogP) is -8.50. The van der Waals surface area contributed by atoms with Crippen LogP contribution < -0.4 is 82.1 Å². The monoisotopic (exact) mass is 319 g/mol. The molecule has 0 heterocycles. The number of carbonyl (C=O) groups excluding carboxylic acids is 1. The van der Waals surface area contributed by atoms with Crippen molar-refractivity contribution in [2.24, 2.45) is 0 Å². The molecule has 6 nitrogen and oxygen atoms in total. The van der Waals surface area contributed by atoms with Crippen LogP contribution in [0.25, 0.3) is 0 Å². The van der Waals surface area contributed by atoms with Gasteiger partial charge in [0.25, 0.3) is 0 Å². The molecule has 0 aliphatic rings. The maximum atomic E-state index is 10.7. The minimum Gasteiger partial charge on any atom is 1.00 e. The van der Waals surface area contributed by atoms with Crippen LogP contribution in [-0.4, -0.2) is 20.1 Å². The molecule has 9 heteroatoms. The molecule has 0 aromatic heterocycles. The Hall–Kier alpha value is 0.768. The molecule has 0 radical (unpaired) electrons. The van der Waals surface area contributed by atoms with Crippen LogP contribution in [0.15, 0.2) is 18.2 Å². The summed E-state index contributed by atoms with van der Waals surface area (Å²) in [6.07, 6.45) is 0. The standard InChI is InChI=1S/C8H10AsNO5.2Na/c1-5(11)15-6-2-3-7(8(10)4-6)9(12,13)14;;/h2-4H,10H2,1H3,(H2,12,13,14);;/q;2*+1/p-2. The van der Waals surface area contributed by atoms with E-state index in [1.165, 1.54) is 13.0 Å². The Morgan fingerprint density at radius 1 is 1.35 bits per heavy atom. The number of rotatable bonds is 2. The summed E-state index contributed by atoms with van der Waals surface area (Å²) >= 11 is -5.49. The zero-order valence-electron chi connectivity index (χ0n) is 9.80. The summed E-state index contributed by atoms with van der Waals surface area (Å²) in [6, 6.07) is 3.37. The first kappa shape index (κ1) is 20.1. The first-order valence-corrected chi connectivity index (χ1v) is 7.15. The van der Waals surface area contributed by atoms with Crippen molar-refractivity contribution < 1.29 is 80.6 Å². The fourth-order valence-electron chi connectivity index (χ4n) is 1.01. The normalized spacial score (nSPS) is 9.82. The van der Waals surface area contributed by atoms with Crippen molar-refractivity contribution in [1.29, 1.82) is 0 Å². The van der Waals surface area contributed by atoms with Gasteiger partial charge in [0.2, 0.25) is 0 Å². The molecule has 1 aromatic rings. The van der Waals surface area contributed by atoms with Gasteiger partial charge < -0.3 is 0 Å². The molecule has 1 rings (SSSR count). The minimum atomic E-state index is -5.49. The van der Waals surface area contributed by atoms with Crippen LogP contribution in [0.2, 0.25) is 0 Å². The zero-order chi connectivity index (χ0) is 11.6. The van der Waals surface area contributed by atoms with E-state index in [1.54, 1.807) is 0 Å². The van der Waals surface area contributed by atoms with Gasteiger partial charge in [0.15, 0.2) is 0 Å². The summed E-state index contributed by atoms with van der Waals surface area (Å²) in [5.41, 5.74) is 5.13. The van der Waals surface area contributed by atoms with Gasteiger partial charge in [0.1, 0.15) is 0 Å². The SMILES string of the molecule is CC(=O)Oc1ccc([As](=O)([O-])[O-])c(N)c1.[Na+].[Na+]. The Kier molecular flexibility index (Phi) is 9.51. The van der Waals surface area contributed by atoms with Crippen molar-refractivity contribution in [1.82, 2.24) is 0 Å². The second kappa shape index (κ2) is 8.04. The summed E-state index contributed by atoms with van der Waals surface area (Å²) in [5.74, 6) is -0.451. The van der Waals surface area contributed by atoms with Crippen LogP contribution in [0.1, 0.15) is 6.92 Å². The Bertz CT molecular complexity index is 448. The van der Waals surface area contributed by atoms with Crippen LogP contribution in [0, 0.1) is 0 Å². The average Bonchev–Trinajstić information content (AvgIpc) is 1.99. The first-order chi connectivity index (χ1) is 6.80. The molecule has 0 aliphatic carbocycles. The van der Waals surface area contributed by atoms with E-state index in [0.717, 1.165) is 12.1 Å². The Balaban J connectivity index is 0. The van der Waals surface area contributed by atoms with Gasteiger partial charge in [-0.2, -0.15) is 0 Å². The quantitative estimate of drug-likeness (QED) is 0.250. The average molecular weight is 319 g/mol. The van der Waals surface area contributed by atoms with Crippen LogP contribution >= 0.6 is 0 Å². The number of esters is 1. The van der Waals surface area contributed by atoms with Gasteiger partial charge in [-0.05, 0) is 0 Å². The smallest absolute Gasteiger partial charge is 1.00 e. The maximum Gasteiger partial charge on any atom is 1.00 e. The van der Waals surface area contributed by atoms with E-state index in [0.29, 0.717) is 0 Å². The molecule has 0 atom stereocenters. The van der Waals surface area contributed by atoms with Crippen LogP contribution in [0.4, 0.5) is 5.69 Å². The van der Waals surface area contributed by atoms with Crippen LogP contribution in [0.3, 0.4) is 0 Å². The predicted molar refractivity (Wildman–Crippen MR) is 48.2 cm³/mol. The van der Waals surface area contributed by atoms with Gasteiger partial charge in [-0.15, -0.1) is 0 Å². The molecule has 0 amide bonds. The largest absolute Gasteiger partial charge is 1.00 e. The fourth-order valence-corrected chi connectivity index (χ4v) is 2.35. The molecule has 0 bridgehead atoms. The Morgan fingerprint density at radius 2 is 1.88 bits per heavy atom. The number of carbonyl (C=O) groups is 1. The number of nitrogens with two attached hydrogens (primary N) is 1. The third kappa shape index (κ3) is 6.47. The topological polar surface area (TPSA) is 116 Å². The van der Waals surface area contributed by atoms with E-state index in [4.69, 9.17) is 5.73 Å². The van der Waals surface area contributed by atoms with Gasteiger partial charge in [-0.1, -0.05) is 0 Å². The van der Waals surface area contributed by atoms with E-state index in [9.17, 15) is 16.7 Å². The molecule has 0 saturated carbocycles. The molecular formula is C8H8AsNNa2O5. The molecule has 0 aliphatic heterocycles. The molecule has 0 saturated heterocycles. The summed E-state index contributed by atoms with van der Waals surface area (Å²) in [4.78, 5) is 10.6. The van der Waals surface area contributed by atoms with Gasteiger partial charge in [-0.3, -0.25) is 0 Å². The minimum absolute atomic E-state index is 0. The fraction of sp³-hybridized carbons (Fsp3) is 0.125. The maximum absolute atomic E-state index is 10.7. The van der Waals surface area contributed by atoms with E-state index in [2.05, 4.69) is 4.74 Å². The second-order valence-electron chi connectivity index (χ2n) is 2.81. The van der Waals surface area contributed by atoms with E-state index in [1.807, 2.05) is 0 Å². The summed E-state index contributed by atoms with van der Waals surface area (Å²) < 4.78 is 36.4. The number of hydrogen-bond acceptors (Lipinski definition) is 6. The second-order valence-corrected chi connectivity index (χ2v) is 5.91. The molecule has 17 heavy (non-hydrogen) atoms. The van der Waals surface area contributed by atoms with E-state index >= 15 is 0 Å². The third-order valence-corrected chi connectivity index (χ3v) is 3.65. The van der Waals surface area contributed by atoms with Crippen molar-refractivity contribution in [3.63, 3.8) is 0 Å². The van der Waals surface area contributed by atoms with Crippen LogP contribution in [0.5, 0.6) is 5.75 Å². The first-order valence-electron chi connectivity index (χ1n) is 3.91. The number of benzene rings is 1. The zero-order valence-corrected chi connectivity index (χ0v) is 15.7. The summed E-state index contributed by atoms with van der Waals surface area (Å²) in [7, 11) is 0. The van der Waals surface area contributed by atoms with Gasteiger partial charge in [0.05, 0.1) is 0 Å². The molecule has 2 N–H and O–H groups in total. The number of hydrogen-bond donors (Lipinski definition) is 1. The summed E-state index contributed by atoms with van der Waals surface area (Å²) in [6.45, 7) is 1.19. The van der Waals surface area contributed by atoms with Crippen molar-refractivity contribution in [3.8, 4) is 5.75 Å². The molecule has 0 spiro atoms. The van der Waals surface area contributed by atoms with Gasteiger partial charge in [-0.25, -0.2) is 0 Å². The van der Waals surface area contributed by atoms with Crippen LogP contribution in [-0.2, 0) is 8.53 Å². The Labute approximate surface area is 145 Å². The number of ether oxygens (including phenoxy) is 1. The van der Waals surface area contributed by atoms with Gasteiger partial charge >= 0.3 is 147 Å². The number of anilines is 1. The van der Waals surface area contributed by atoms with Gasteiger partial charge in [0, 0.05) is 0 Å². The number of nitrogen functional groups attached to an aromatic ring is 1. The van der Waals surface area contributed by atoms with E-state index in [-0.39, 0.29) is 70.6 Å². The molecule has 0 fully saturated rings. The molecule has 1 aromatic carbocycles. The molecule has 82 valence electrons. The van der Waals surface area contributed by atoms with Crippen molar-refractivity contribution in [3.05, 3.63) is 18.2 Å². The van der Waals surface area contributed by atoms with E-state index < -0.39 is 24.5 Å². The molecule has 0 unspecified atom stereocenters. The molecular weight excluding hydrogens is 311 g/mol. The van der Waals surface area contributed by atoms with Crippen molar-refractivity contribution >= 4 is 30.2 Å². The Morgan fingerprint density at radius 3 is 2.24 bits per heavy atom. The van der Waals surface area contributed by atoms with Crippen molar-refractivity contribution in [2.45, 2.75) is 6.92 Å². The third-order valence-electron chi connectivity index (χ3n) is 1.56.